The van der Waals surface area contributed by atoms with Crippen molar-refractivity contribution < 1.29 is 36.6 Å². The minimum Gasteiger partial charge on any atom is -0.477 e. The monoisotopic (exact) mass is 653 g/mol. The summed E-state index contributed by atoms with van der Waals surface area (Å²) in [4.78, 5) is 11.4. The average Bonchev–Trinajstić information content (AvgIpc) is 3.24. The van der Waals surface area contributed by atoms with E-state index >= 15 is 0 Å². The van der Waals surface area contributed by atoms with Crippen LogP contribution < -0.4 is 10.0 Å². The number of halogens is 4. The number of benzene rings is 3. The molecule has 0 bridgehead atoms. The van der Waals surface area contributed by atoms with Gasteiger partial charge in [0.25, 0.3) is 0 Å². The van der Waals surface area contributed by atoms with Gasteiger partial charge in [0.05, 0.1) is 11.0 Å². The third-order valence-corrected chi connectivity index (χ3v) is 8.33. The molecule has 1 aromatic heterocycles. The summed E-state index contributed by atoms with van der Waals surface area (Å²) in [7, 11) is -4.79. The van der Waals surface area contributed by atoms with Gasteiger partial charge in [0.15, 0.2) is 0 Å². The summed E-state index contributed by atoms with van der Waals surface area (Å²) in [5.41, 5.74) is 2.89. The number of aromatic carboxylic acids is 1. The molecule has 0 fully saturated rings. The van der Waals surface area contributed by atoms with Gasteiger partial charge in [0.2, 0.25) is 10.0 Å². The number of aliphatic hydroxyl groups excluding tert-OH is 1. The largest absolute Gasteiger partial charge is 0.477 e. The number of rotatable bonds is 11. The number of nitrogens with one attached hydrogen (secondary N) is 2. The first kappa shape index (κ1) is 30.7. The Morgan fingerprint density at radius 2 is 1.71 bits per heavy atom. The molecule has 4 rings (SSSR count). The Labute approximate surface area is 243 Å². The van der Waals surface area contributed by atoms with E-state index in [-0.39, 0.29) is 18.3 Å². The fourth-order valence-electron chi connectivity index (χ4n) is 4.53. The lowest BCUT2D eigenvalue weighted by molar-refractivity contribution is -0.138. The number of aromatic nitrogens is 1. The number of hydrogen-bond donors (Lipinski definition) is 4. The van der Waals surface area contributed by atoms with Crippen LogP contribution in [0, 0.1) is 0 Å². The molecular weight excluding hydrogens is 627 g/mol. The Bertz CT molecular complexity index is 1660. The zero-order valence-corrected chi connectivity index (χ0v) is 24.1. The molecule has 0 saturated heterocycles. The van der Waals surface area contributed by atoms with E-state index in [2.05, 4.69) is 21.2 Å². The van der Waals surface area contributed by atoms with E-state index in [0.717, 1.165) is 27.7 Å². The van der Waals surface area contributed by atoms with Crippen molar-refractivity contribution >= 4 is 42.8 Å². The number of carbonyl (C=O) groups is 1. The predicted octanol–water partition coefficient (Wildman–Crippen LogP) is 5.20. The highest BCUT2D eigenvalue weighted by Gasteiger charge is 2.34. The van der Waals surface area contributed by atoms with Crippen LogP contribution in [-0.4, -0.2) is 48.1 Å². The molecule has 0 aliphatic heterocycles. The number of fused-ring (bicyclic) bond motifs is 1. The van der Waals surface area contributed by atoms with Gasteiger partial charge in [-0.05, 0) is 72.5 Å². The van der Waals surface area contributed by atoms with Crippen molar-refractivity contribution in [2.45, 2.75) is 43.2 Å². The minimum absolute atomic E-state index is 0.0101. The van der Waals surface area contributed by atoms with Gasteiger partial charge in [-0.1, -0.05) is 46.3 Å². The molecule has 218 valence electrons. The van der Waals surface area contributed by atoms with Crippen molar-refractivity contribution in [3.8, 4) is 0 Å². The van der Waals surface area contributed by atoms with Gasteiger partial charge in [0.1, 0.15) is 5.69 Å². The Balaban J connectivity index is 1.48. The molecule has 0 spiro atoms. The molecule has 2 atom stereocenters. The Kier molecular flexibility index (Phi) is 9.24. The molecule has 2 unspecified atom stereocenters. The van der Waals surface area contributed by atoms with E-state index in [4.69, 9.17) is 0 Å². The highest BCUT2D eigenvalue weighted by molar-refractivity contribution is 9.10. The minimum atomic E-state index is -5.11. The summed E-state index contributed by atoms with van der Waals surface area (Å²) in [6.45, 7) is 2.40. The molecule has 8 nitrogen and oxygen atoms in total. The Morgan fingerprint density at radius 1 is 1.02 bits per heavy atom. The zero-order valence-electron chi connectivity index (χ0n) is 21.7. The van der Waals surface area contributed by atoms with Gasteiger partial charge in [-0.2, -0.15) is 13.2 Å². The fourth-order valence-corrected chi connectivity index (χ4v) is 5.87. The molecule has 41 heavy (non-hydrogen) atoms. The van der Waals surface area contributed by atoms with Gasteiger partial charge in [0, 0.05) is 34.5 Å². The van der Waals surface area contributed by atoms with Gasteiger partial charge >= 0.3 is 12.3 Å². The Hall–Kier alpha value is -3.23. The lowest BCUT2D eigenvalue weighted by Gasteiger charge is -2.18. The normalized spacial score (nSPS) is 13.8. The van der Waals surface area contributed by atoms with E-state index in [1.54, 1.807) is 16.7 Å². The summed E-state index contributed by atoms with van der Waals surface area (Å²) in [6.07, 6.45) is -5.16. The summed E-state index contributed by atoms with van der Waals surface area (Å²) in [6, 6.07) is 19.3. The van der Waals surface area contributed by atoms with Crippen LogP contribution >= 0.6 is 15.9 Å². The van der Waals surface area contributed by atoms with Crippen LogP contribution in [-0.2, 0) is 23.0 Å². The quantitative estimate of drug-likeness (QED) is 0.165. The average molecular weight is 655 g/mol. The van der Waals surface area contributed by atoms with Crippen molar-refractivity contribution in [3.63, 3.8) is 0 Å². The van der Waals surface area contributed by atoms with Crippen LogP contribution in [0.3, 0.4) is 0 Å². The lowest BCUT2D eigenvalue weighted by atomic mass is 10.0. The molecular formula is C28H27BrF3N3O5S. The topological polar surface area (TPSA) is 121 Å². The highest BCUT2D eigenvalue weighted by Crippen LogP contribution is 2.25. The van der Waals surface area contributed by atoms with Crippen LogP contribution in [0.5, 0.6) is 0 Å². The first-order valence-corrected chi connectivity index (χ1v) is 14.7. The molecule has 1 heterocycles. The van der Waals surface area contributed by atoms with Crippen LogP contribution in [0.4, 0.5) is 13.2 Å². The SMILES string of the molecule is CC(Cc1ccc2c(c1)cc(C(=O)O)n2Cc1ccc(S(=O)(=O)NC(F)(F)F)cc1)NCC(O)c1cccc(Br)c1. The maximum atomic E-state index is 12.5. The van der Waals surface area contributed by atoms with Crippen LogP contribution in [0.25, 0.3) is 10.9 Å². The predicted molar refractivity (Wildman–Crippen MR) is 151 cm³/mol. The molecule has 0 saturated carbocycles. The van der Waals surface area contributed by atoms with E-state index in [1.165, 1.54) is 12.1 Å². The summed E-state index contributed by atoms with van der Waals surface area (Å²) < 4.78 is 64.5. The van der Waals surface area contributed by atoms with E-state index < -0.39 is 33.3 Å². The van der Waals surface area contributed by atoms with Crippen molar-refractivity contribution in [1.82, 2.24) is 14.6 Å². The van der Waals surface area contributed by atoms with Crippen LogP contribution in [0.1, 0.15) is 40.2 Å². The van der Waals surface area contributed by atoms with Crippen LogP contribution in [0.15, 0.2) is 82.2 Å². The first-order chi connectivity index (χ1) is 19.2. The first-order valence-electron chi connectivity index (χ1n) is 12.4. The van der Waals surface area contributed by atoms with E-state index in [0.29, 0.717) is 34.2 Å². The fraction of sp³-hybridized carbons (Fsp3) is 0.250. The maximum Gasteiger partial charge on any atom is 0.470 e. The number of aliphatic hydroxyl groups is 1. The van der Waals surface area contributed by atoms with Crippen molar-refractivity contribution in [2.75, 3.05) is 6.54 Å². The molecule has 4 N–H and O–H groups in total. The molecule has 4 aromatic rings. The third-order valence-electron chi connectivity index (χ3n) is 6.44. The lowest BCUT2D eigenvalue weighted by Crippen LogP contribution is -2.37. The second kappa shape index (κ2) is 12.3. The van der Waals surface area contributed by atoms with E-state index in [1.807, 2.05) is 43.3 Å². The molecule has 0 aliphatic rings. The van der Waals surface area contributed by atoms with Crippen molar-refractivity contribution in [2.24, 2.45) is 0 Å². The molecule has 0 radical (unpaired) electrons. The number of alkyl halides is 3. The third kappa shape index (κ3) is 7.95. The maximum absolute atomic E-state index is 12.5. The second-order valence-corrected chi connectivity index (χ2v) is 12.2. The van der Waals surface area contributed by atoms with E-state index in [9.17, 15) is 36.6 Å². The number of hydrogen-bond acceptors (Lipinski definition) is 5. The summed E-state index contributed by atoms with van der Waals surface area (Å²) in [5, 5.41) is 24.3. The van der Waals surface area contributed by atoms with Gasteiger partial charge < -0.3 is 20.1 Å². The van der Waals surface area contributed by atoms with Crippen molar-refractivity contribution in [3.05, 3.63) is 99.7 Å². The molecule has 3 aromatic carbocycles. The molecule has 0 aliphatic carbocycles. The number of nitrogens with zero attached hydrogens (tertiary/aromatic N) is 1. The standard InChI is InChI=1S/C28H27BrF3N3O5S/c1-17(33-15-26(36)20-3-2-4-22(29)13-20)11-19-7-10-24-21(12-19)14-25(27(37)38)35(24)16-18-5-8-23(9-6-18)41(39,40)34-28(30,31)32/h2-10,12-14,17,26,33-34,36H,11,15-16H2,1H3,(H,37,38). The Morgan fingerprint density at radius 3 is 2.34 bits per heavy atom. The summed E-state index contributed by atoms with van der Waals surface area (Å²) in [5.74, 6) is -1.16. The second-order valence-electron chi connectivity index (χ2n) is 9.65. The number of carboxylic acids is 1. The van der Waals surface area contributed by atoms with Crippen LogP contribution in [0.2, 0.25) is 0 Å². The van der Waals surface area contributed by atoms with Crippen molar-refractivity contribution in [1.29, 1.82) is 0 Å². The highest BCUT2D eigenvalue weighted by atomic mass is 79.9. The van der Waals surface area contributed by atoms with Gasteiger partial charge in [-0.25, -0.2) is 13.2 Å². The molecule has 0 amide bonds. The van der Waals surface area contributed by atoms with Gasteiger partial charge in [-0.3, -0.25) is 0 Å². The van der Waals surface area contributed by atoms with Gasteiger partial charge in [-0.15, -0.1) is 4.72 Å². The molecule has 13 heteroatoms. The summed E-state index contributed by atoms with van der Waals surface area (Å²) >= 11 is 3.40. The zero-order chi connectivity index (χ0) is 29.9. The smallest absolute Gasteiger partial charge is 0.470 e. The number of carboxylic acid groups (broad SMARTS) is 1. The number of sulfonamides is 1.